The first kappa shape index (κ1) is 21.9. The van der Waals surface area contributed by atoms with Crippen LogP contribution in [0.1, 0.15) is 15.9 Å². The predicted molar refractivity (Wildman–Crippen MR) is 128 cm³/mol. The Labute approximate surface area is 198 Å². The highest BCUT2D eigenvalue weighted by Crippen LogP contribution is 2.36. The summed E-state index contributed by atoms with van der Waals surface area (Å²) in [5.41, 5.74) is 4.31. The minimum Gasteiger partial charge on any atom is -0.378 e. The summed E-state index contributed by atoms with van der Waals surface area (Å²) in [7, 11) is -3.65. The molecule has 0 saturated carbocycles. The second kappa shape index (κ2) is 8.82. The molecule has 0 unspecified atom stereocenters. The van der Waals surface area contributed by atoms with Gasteiger partial charge in [-0.1, -0.05) is 29.8 Å². The van der Waals surface area contributed by atoms with Gasteiger partial charge in [0.05, 0.1) is 23.8 Å². The van der Waals surface area contributed by atoms with E-state index in [9.17, 15) is 13.2 Å². The molecule has 0 N–H and O–H groups in total. The molecular formula is C25H23ClN2O4S. The summed E-state index contributed by atoms with van der Waals surface area (Å²) in [4.78, 5) is 14.7. The first-order valence-electron chi connectivity index (χ1n) is 10.8. The number of sulfonamides is 1. The van der Waals surface area contributed by atoms with Crippen LogP contribution in [-0.4, -0.2) is 52.1 Å². The number of benzene rings is 3. The van der Waals surface area contributed by atoms with Crippen LogP contribution in [0, 0.1) is 0 Å². The third-order valence-corrected chi connectivity index (χ3v) is 8.18. The molecule has 0 atom stereocenters. The van der Waals surface area contributed by atoms with Gasteiger partial charge in [0.2, 0.25) is 0 Å². The van der Waals surface area contributed by atoms with Crippen LogP contribution in [0.15, 0.2) is 71.6 Å². The second-order valence-electron chi connectivity index (χ2n) is 8.11. The van der Waals surface area contributed by atoms with Crippen molar-refractivity contribution in [3.8, 4) is 11.1 Å². The van der Waals surface area contributed by atoms with Gasteiger partial charge in [0.25, 0.3) is 15.9 Å². The van der Waals surface area contributed by atoms with Crippen molar-refractivity contribution in [1.29, 1.82) is 0 Å². The summed E-state index contributed by atoms with van der Waals surface area (Å²) in [5.74, 6) is 0.0156. The molecule has 3 aromatic carbocycles. The molecule has 0 radical (unpaired) electrons. The van der Waals surface area contributed by atoms with E-state index >= 15 is 0 Å². The van der Waals surface area contributed by atoms with Crippen molar-refractivity contribution in [3.63, 3.8) is 0 Å². The molecule has 2 aliphatic heterocycles. The van der Waals surface area contributed by atoms with Crippen LogP contribution >= 0.6 is 11.6 Å². The molecule has 8 heteroatoms. The number of amides is 1. The van der Waals surface area contributed by atoms with Gasteiger partial charge in [-0.25, -0.2) is 8.42 Å². The summed E-state index contributed by atoms with van der Waals surface area (Å²) in [5, 5.41) is 0.498. The molecule has 5 rings (SSSR count). The Bertz CT molecular complexity index is 1280. The summed E-state index contributed by atoms with van der Waals surface area (Å²) < 4.78 is 33.0. The minimum absolute atomic E-state index is 0.0156. The van der Waals surface area contributed by atoms with Gasteiger partial charge in [-0.15, -0.1) is 0 Å². The Hall–Kier alpha value is -2.87. The SMILES string of the molecule is O=C(c1ccc(-c2ccc3c(c2)CCN3S(=O)(=O)c2ccc(Cl)cc2)cc1)N1CCOCC1. The summed E-state index contributed by atoms with van der Waals surface area (Å²) in [6, 6.07) is 19.6. The molecule has 0 aliphatic carbocycles. The zero-order valence-corrected chi connectivity index (χ0v) is 19.5. The first-order valence-corrected chi connectivity index (χ1v) is 12.6. The number of rotatable bonds is 4. The normalized spacial score (nSPS) is 16.0. The van der Waals surface area contributed by atoms with Crippen LogP contribution in [0.2, 0.25) is 5.02 Å². The Morgan fingerprint density at radius 1 is 0.848 bits per heavy atom. The monoisotopic (exact) mass is 482 g/mol. The lowest BCUT2D eigenvalue weighted by Gasteiger charge is -2.26. The number of halogens is 1. The van der Waals surface area contributed by atoms with Crippen molar-refractivity contribution in [3.05, 3.63) is 82.9 Å². The van der Waals surface area contributed by atoms with Crippen LogP contribution in [0.4, 0.5) is 5.69 Å². The number of hydrogen-bond acceptors (Lipinski definition) is 4. The fraction of sp³-hybridized carbons (Fsp3) is 0.240. The van der Waals surface area contributed by atoms with Crippen molar-refractivity contribution in [2.24, 2.45) is 0 Å². The topological polar surface area (TPSA) is 66.9 Å². The van der Waals surface area contributed by atoms with Crippen molar-refractivity contribution in [2.45, 2.75) is 11.3 Å². The summed E-state index contributed by atoms with van der Waals surface area (Å²) in [6.45, 7) is 2.77. The maximum absolute atomic E-state index is 13.1. The van der Waals surface area contributed by atoms with Crippen LogP contribution in [-0.2, 0) is 21.2 Å². The molecule has 2 aliphatic rings. The number of carbonyl (C=O) groups excluding carboxylic acids is 1. The number of ether oxygens (including phenoxy) is 1. The molecule has 1 amide bonds. The molecule has 2 heterocycles. The molecule has 0 spiro atoms. The van der Waals surface area contributed by atoms with Gasteiger partial charge in [-0.3, -0.25) is 9.10 Å². The molecule has 6 nitrogen and oxygen atoms in total. The van der Waals surface area contributed by atoms with Crippen molar-refractivity contribution >= 4 is 33.2 Å². The smallest absolute Gasteiger partial charge is 0.264 e. The van der Waals surface area contributed by atoms with E-state index in [1.165, 1.54) is 16.4 Å². The van der Waals surface area contributed by atoms with Crippen molar-refractivity contribution in [1.82, 2.24) is 4.90 Å². The lowest BCUT2D eigenvalue weighted by Crippen LogP contribution is -2.40. The number of nitrogens with zero attached hydrogens (tertiary/aromatic N) is 2. The molecule has 3 aromatic rings. The van der Waals surface area contributed by atoms with Gasteiger partial charge in [0.1, 0.15) is 0 Å². The summed E-state index contributed by atoms with van der Waals surface area (Å²) >= 11 is 5.91. The van der Waals surface area contributed by atoms with E-state index in [1.807, 2.05) is 47.4 Å². The van der Waals surface area contributed by atoms with Crippen LogP contribution in [0.3, 0.4) is 0 Å². The third kappa shape index (κ3) is 4.24. The fourth-order valence-corrected chi connectivity index (χ4v) is 5.92. The van der Waals surface area contributed by atoms with Crippen LogP contribution in [0.25, 0.3) is 11.1 Å². The maximum atomic E-state index is 13.1. The van der Waals surface area contributed by atoms with E-state index in [4.69, 9.17) is 16.3 Å². The standard InChI is InChI=1S/C25H23ClN2O4S/c26-22-6-8-23(9-7-22)33(30,31)28-12-11-21-17-20(5-10-24(21)28)18-1-3-19(4-2-18)25(29)27-13-15-32-16-14-27/h1-10,17H,11-16H2. The van der Waals surface area contributed by atoms with Crippen molar-refractivity contribution in [2.75, 3.05) is 37.2 Å². The Morgan fingerprint density at radius 2 is 1.52 bits per heavy atom. The van der Waals surface area contributed by atoms with E-state index in [-0.39, 0.29) is 10.8 Å². The van der Waals surface area contributed by atoms with Gasteiger partial charge in [0.15, 0.2) is 0 Å². The quantitative estimate of drug-likeness (QED) is 0.558. The third-order valence-electron chi connectivity index (χ3n) is 6.10. The number of hydrogen-bond donors (Lipinski definition) is 0. The molecule has 0 bridgehead atoms. The molecule has 1 saturated heterocycles. The van der Waals surface area contributed by atoms with E-state index in [2.05, 4.69) is 0 Å². The number of carbonyl (C=O) groups is 1. The first-order chi connectivity index (χ1) is 15.9. The average molecular weight is 483 g/mol. The average Bonchev–Trinajstić information content (AvgIpc) is 3.29. The zero-order chi connectivity index (χ0) is 23.0. The number of anilines is 1. The van der Waals surface area contributed by atoms with E-state index in [1.54, 1.807) is 12.1 Å². The molecular weight excluding hydrogens is 460 g/mol. The van der Waals surface area contributed by atoms with Gasteiger partial charge in [-0.2, -0.15) is 0 Å². The molecule has 33 heavy (non-hydrogen) atoms. The number of fused-ring (bicyclic) bond motifs is 1. The van der Waals surface area contributed by atoms with Gasteiger partial charge in [-0.05, 0) is 71.6 Å². The highest BCUT2D eigenvalue weighted by atomic mass is 35.5. The largest absolute Gasteiger partial charge is 0.378 e. The molecule has 170 valence electrons. The van der Waals surface area contributed by atoms with Gasteiger partial charge < -0.3 is 9.64 Å². The molecule has 1 fully saturated rings. The highest BCUT2D eigenvalue weighted by molar-refractivity contribution is 7.92. The molecule has 0 aromatic heterocycles. The van der Waals surface area contributed by atoms with Gasteiger partial charge in [0, 0.05) is 30.2 Å². The highest BCUT2D eigenvalue weighted by Gasteiger charge is 2.31. The second-order valence-corrected chi connectivity index (χ2v) is 10.4. The Morgan fingerprint density at radius 3 is 2.21 bits per heavy atom. The lowest BCUT2D eigenvalue weighted by atomic mass is 10.0. The lowest BCUT2D eigenvalue weighted by molar-refractivity contribution is 0.0303. The maximum Gasteiger partial charge on any atom is 0.264 e. The Kier molecular flexibility index (Phi) is 5.86. The van der Waals surface area contributed by atoms with Crippen LogP contribution in [0.5, 0.6) is 0 Å². The van der Waals surface area contributed by atoms with E-state index < -0.39 is 10.0 Å². The van der Waals surface area contributed by atoms with Crippen LogP contribution < -0.4 is 4.31 Å². The van der Waals surface area contributed by atoms with Gasteiger partial charge >= 0.3 is 0 Å². The fourth-order valence-electron chi connectivity index (χ4n) is 4.29. The Balaban J connectivity index is 1.37. The summed E-state index contributed by atoms with van der Waals surface area (Å²) in [6.07, 6.45) is 0.642. The van der Waals surface area contributed by atoms with E-state index in [0.29, 0.717) is 55.5 Å². The minimum atomic E-state index is -3.65. The van der Waals surface area contributed by atoms with Crippen molar-refractivity contribution < 1.29 is 17.9 Å². The van der Waals surface area contributed by atoms with E-state index in [0.717, 1.165) is 16.7 Å². The predicted octanol–water partition coefficient (Wildman–Crippen LogP) is 4.23. The number of morpholine rings is 1. The zero-order valence-electron chi connectivity index (χ0n) is 17.9.